The van der Waals surface area contributed by atoms with Gasteiger partial charge in [-0.1, -0.05) is 30.3 Å². The van der Waals surface area contributed by atoms with Crippen LogP contribution in [0.2, 0.25) is 0 Å². The maximum Gasteiger partial charge on any atom is 0.407 e. The first-order valence-electron chi connectivity index (χ1n) is 7.81. The van der Waals surface area contributed by atoms with E-state index in [0.29, 0.717) is 19.4 Å². The molecule has 0 bridgehead atoms. The Kier molecular flexibility index (Phi) is 5.47. The first-order chi connectivity index (χ1) is 10.8. The highest BCUT2D eigenvalue weighted by atomic mass is 16.6. The SMILES string of the molecule is CC(C)(C)OC(=O)NCC[C@H]1OC(=O)N[C@@H]1Cc1ccccc1. The van der Waals surface area contributed by atoms with E-state index in [1.54, 1.807) is 0 Å². The van der Waals surface area contributed by atoms with Gasteiger partial charge in [-0.2, -0.15) is 0 Å². The van der Waals surface area contributed by atoms with E-state index < -0.39 is 17.8 Å². The Labute approximate surface area is 136 Å². The Morgan fingerprint density at radius 1 is 1.30 bits per heavy atom. The summed E-state index contributed by atoms with van der Waals surface area (Å²) in [4.78, 5) is 23.1. The van der Waals surface area contributed by atoms with Crippen LogP contribution in [0.15, 0.2) is 30.3 Å². The first-order valence-corrected chi connectivity index (χ1v) is 7.81. The van der Waals surface area contributed by atoms with Gasteiger partial charge in [-0.25, -0.2) is 9.59 Å². The minimum Gasteiger partial charge on any atom is -0.444 e. The van der Waals surface area contributed by atoms with Crippen LogP contribution in [0.4, 0.5) is 9.59 Å². The molecule has 2 amide bonds. The molecule has 1 fully saturated rings. The highest BCUT2D eigenvalue weighted by molar-refractivity contribution is 5.70. The van der Waals surface area contributed by atoms with E-state index in [1.807, 2.05) is 51.1 Å². The molecule has 6 heteroatoms. The number of alkyl carbamates (subject to hydrolysis) is 2. The molecule has 0 saturated carbocycles. The minimum absolute atomic E-state index is 0.0923. The van der Waals surface area contributed by atoms with Gasteiger partial charge in [-0.15, -0.1) is 0 Å². The minimum atomic E-state index is -0.526. The van der Waals surface area contributed by atoms with E-state index in [0.717, 1.165) is 5.56 Å². The zero-order chi connectivity index (χ0) is 16.9. The van der Waals surface area contributed by atoms with Crippen LogP contribution >= 0.6 is 0 Å². The number of carbonyl (C=O) groups is 2. The molecule has 1 saturated heterocycles. The Bertz CT molecular complexity index is 539. The fraction of sp³-hybridized carbons (Fsp3) is 0.529. The summed E-state index contributed by atoms with van der Waals surface area (Å²) in [5.41, 5.74) is 0.606. The second-order valence-electron chi connectivity index (χ2n) is 6.60. The largest absolute Gasteiger partial charge is 0.444 e. The Morgan fingerprint density at radius 3 is 2.65 bits per heavy atom. The molecule has 0 spiro atoms. The molecule has 23 heavy (non-hydrogen) atoms. The van der Waals surface area contributed by atoms with Crippen LogP contribution in [0.3, 0.4) is 0 Å². The standard InChI is InChI=1S/C17H24N2O4/c1-17(2,3)23-15(20)18-10-9-14-13(19-16(21)22-14)11-12-7-5-4-6-8-12/h4-8,13-14H,9-11H2,1-3H3,(H,18,20)(H,19,21)/t13-,14-/m1/s1. The Morgan fingerprint density at radius 2 is 2.00 bits per heavy atom. The zero-order valence-corrected chi connectivity index (χ0v) is 13.8. The molecule has 1 aromatic carbocycles. The van der Waals surface area contributed by atoms with Crippen molar-refractivity contribution in [1.29, 1.82) is 0 Å². The predicted molar refractivity (Wildman–Crippen MR) is 86.2 cm³/mol. The van der Waals surface area contributed by atoms with Crippen molar-refractivity contribution in [2.75, 3.05) is 6.54 Å². The van der Waals surface area contributed by atoms with Gasteiger partial charge >= 0.3 is 12.2 Å². The monoisotopic (exact) mass is 320 g/mol. The summed E-state index contributed by atoms with van der Waals surface area (Å²) in [5.74, 6) is 0. The van der Waals surface area contributed by atoms with Gasteiger partial charge in [0, 0.05) is 13.0 Å². The van der Waals surface area contributed by atoms with Gasteiger partial charge in [0.15, 0.2) is 0 Å². The average molecular weight is 320 g/mol. The van der Waals surface area contributed by atoms with Gasteiger partial charge in [0.05, 0.1) is 6.04 Å². The number of carbonyl (C=O) groups excluding carboxylic acids is 2. The predicted octanol–water partition coefficient (Wildman–Crippen LogP) is 2.62. The molecule has 2 N–H and O–H groups in total. The van der Waals surface area contributed by atoms with Crippen LogP contribution in [-0.2, 0) is 15.9 Å². The van der Waals surface area contributed by atoms with Crippen LogP contribution in [0.25, 0.3) is 0 Å². The molecule has 2 atom stereocenters. The number of benzene rings is 1. The van der Waals surface area contributed by atoms with Crippen LogP contribution in [0.1, 0.15) is 32.8 Å². The fourth-order valence-corrected chi connectivity index (χ4v) is 2.44. The molecule has 1 aliphatic rings. The Balaban J connectivity index is 1.81. The first kappa shape index (κ1) is 17.1. The second kappa shape index (κ2) is 7.35. The molecule has 1 heterocycles. The number of amides is 2. The van der Waals surface area contributed by atoms with Crippen molar-refractivity contribution in [3.8, 4) is 0 Å². The molecular weight excluding hydrogens is 296 g/mol. The normalized spacial score (nSPS) is 20.6. The van der Waals surface area contributed by atoms with Gasteiger partial charge in [0.25, 0.3) is 0 Å². The topological polar surface area (TPSA) is 76.7 Å². The van der Waals surface area contributed by atoms with E-state index in [1.165, 1.54) is 0 Å². The van der Waals surface area contributed by atoms with E-state index in [2.05, 4.69) is 10.6 Å². The lowest BCUT2D eigenvalue weighted by Crippen LogP contribution is -2.37. The van der Waals surface area contributed by atoms with Crippen molar-refractivity contribution in [2.24, 2.45) is 0 Å². The quantitative estimate of drug-likeness (QED) is 0.874. The van der Waals surface area contributed by atoms with E-state index >= 15 is 0 Å². The van der Waals surface area contributed by atoms with Gasteiger partial charge in [0.2, 0.25) is 0 Å². The van der Waals surface area contributed by atoms with Crippen LogP contribution in [0, 0.1) is 0 Å². The molecule has 1 aromatic rings. The highest BCUT2D eigenvalue weighted by Crippen LogP contribution is 2.17. The third-order valence-electron chi connectivity index (χ3n) is 3.41. The van der Waals surface area contributed by atoms with Crippen molar-refractivity contribution in [1.82, 2.24) is 10.6 Å². The van der Waals surface area contributed by atoms with Crippen molar-refractivity contribution in [3.63, 3.8) is 0 Å². The molecule has 6 nitrogen and oxygen atoms in total. The number of cyclic esters (lactones) is 1. The molecule has 0 unspecified atom stereocenters. The molecule has 0 aromatic heterocycles. The summed E-state index contributed by atoms with van der Waals surface area (Å²) in [5, 5.41) is 5.51. The van der Waals surface area contributed by atoms with Gasteiger partial charge in [0.1, 0.15) is 11.7 Å². The maximum atomic E-state index is 11.6. The van der Waals surface area contributed by atoms with Gasteiger partial charge < -0.3 is 20.1 Å². The summed E-state index contributed by atoms with van der Waals surface area (Å²) in [6.07, 6.45) is 0.0966. The molecule has 0 aliphatic carbocycles. The smallest absolute Gasteiger partial charge is 0.407 e. The summed E-state index contributed by atoms with van der Waals surface area (Å²) >= 11 is 0. The van der Waals surface area contributed by atoms with Crippen LogP contribution in [0.5, 0.6) is 0 Å². The lowest BCUT2D eigenvalue weighted by molar-refractivity contribution is 0.0518. The molecule has 126 valence electrons. The Hall–Kier alpha value is -2.24. The molecule has 1 aliphatic heterocycles. The molecule has 2 rings (SSSR count). The number of hydrogen-bond donors (Lipinski definition) is 2. The third-order valence-corrected chi connectivity index (χ3v) is 3.41. The second-order valence-corrected chi connectivity index (χ2v) is 6.60. The summed E-state index contributed by atoms with van der Waals surface area (Å²) in [7, 11) is 0. The summed E-state index contributed by atoms with van der Waals surface area (Å²) in [6.45, 7) is 5.82. The summed E-state index contributed by atoms with van der Waals surface area (Å²) < 4.78 is 10.5. The van der Waals surface area contributed by atoms with Gasteiger partial charge in [-0.05, 0) is 32.8 Å². The number of nitrogens with one attached hydrogen (secondary N) is 2. The van der Waals surface area contributed by atoms with Crippen molar-refractivity contribution < 1.29 is 19.1 Å². The highest BCUT2D eigenvalue weighted by Gasteiger charge is 2.33. The lowest BCUT2D eigenvalue weighted by Gasteiger charge is -2.21. The van der Waals surface area contributed by atoms with Gasteiger partial charge in [-0.3, -0.25) is 0 Å². The van der Waals surface area contributed by atoms with E-state index in [9.17, 15) is 9.59 Å². The lowest BCUT2D eigenvalue weighted by atomic mass is 10.00. The zero-order valence-electron chi connectivity index (χ0n) is 13.8. The third kappa shape index (κ3) is 5.81. The fourth-order valence-electron chi connectivity index (χ4n) is 2.44. The summed E-state index contributed by atoms with van der Waals surface area (Å²) in [6, 6.07) is 9.82. The van der Waals surface area contributed by atoms with Crippen molar-refractivity contribution in [3.05, 3.63) is 35.9 Å². The number of ether oxygens (including phenoxy) is 2. The van der Waals surface area contributed by atoms with E-state index in [-0.39, 0.29) is 12.1 Å². The van der Waals surface area contributed by atoms with Crippen molar-refractivity contribution >= 4 is 12.2 Å². The van der Waals surface area contributed by atoms with Crippen molar-refractivity contribution in [2.45, 2.75) is 51.4 Å². The maximum absolute atomic E-state index is 11.6. The molecular formula is C17H24N2O4. The average Bonchev–Trinajstić information content (AvgIpc) is 2.78. The van der Waals surface area contributed by atoms with Crippen LogP contribution in [-0.4, -0.2) is 36.5 Å². The van der Waals surface area contributed by atoms with Crippen LogP contribution < -0.4 is 10.6 Å². The number of hydrogen-bond acceptors (Lipinski definition) is 4. The number of rotatable bonds is 5. The van der Waals surface area contributed by atoms with E-state index in [4.69, 9.17) is 9.47 Å². The molecule has 0 radical (unpaired) electrons.